The Hall–Kier alpha value is -0.240. The first-order valence-corrected chi connectivity index (χ1v) is 5.04. The molecule has 0 aromatic carbocycles. The predicted molar refractivity (Wildman–Crippen MR) is 52.0 cm³/mol. The number of aliphatic hydroxyl groups excluding tert-OH is 4. The van der Waals surface area contributed by atoms with Crippen molar-refractivity contribution in [3.05, 3.63) is 0 Å². The largest absolute Gasteiger partial charge is 0.394 e. The van der Waals surface area contributed by atoms with Crippen molar-refractivity contribution in [3.8, 4) is 0 Å². The van der Waals surface area contributed by atoms with Gasteiger partial charge in [0.1, 0.15) is 18.3 Å². The van der Waals surface area contributed by atoms with E-state index in [9.17, 15) is 15.3 Å². The molecule has 0 amide bonds. The third-order valence-electron chi connectivity index (χ3n) is 2.43. The Morgan fingerprint density at radius 1 is 1.20 bits per heavy atom. The molecule has 6 heteroatoms. The highest BCUT2D eigenvalue weighted by atomic mass is 16.6. The Labute approximate surface area is 88.5 Å². The van der Waals surface area contributed by atoms with Crippen LogP contribution >= 0.6 is 0 Å². The lowest BCUT2D eigenvalue weighted by Gasteiger charge is -2.41. The maximum absolute atomic E-state index is 9.69. The van der Waals surface area contributed by atoms with Gasteiger partial charge in [0.2, 0.25) is 0 Å². The van der Waals surface area contributed by atoms with Crippen molar-refractivity contribution in [3.63, 3.8) is 0 Å². The summed E-state index contributed by atoms with van der Waals surface area (Å²) in [4.78, 5) is 0. The van der Waals surface area contributed by atoms with E-state index in [-0.39, 0.29) is 6.04 Å². The van der Waals surface area contributed by atoms with E-state index in [2.05, 4.69) is 5.32 Å². The first-order chi connectivity index (χ1) is 6.97. The fraction of sp³-hybridized carbons (Fsp3) is 1.00. The lowest BCUT2D eigenvalue weighted by molar-refractivity contribution is -0.255. The highest BCUT2D eigenvalue weighted by molar-refractivity contribution is 4.93. The molecule has 1 aliphatic rings. The smallest absolute Gasteiger partial charge is 0.173 e. The van der Waals surface area contributed by atoms with Crippen LogP contribution in [0.2, 0.25) is 0 Å². The molecule has 1 fully saturated rings. The molecule has 6 nitrogen and oxygen atoms in total. The average molecular weight is 221 g/mol. The molecule has 1 rings (SSSR count). The van der Waals surface area contributed by atoms with Crippen LogP contribution in [-0.2, 0) is 4.74 Å². The van der Waals surface area contributed by atoms with Gasteiger partial charge in [0.15, 0.2) is 6.29 Å². The van der Waals surface area contributed by atoms with E-state index in [0.717, 1.165) is 0 Å². The fourth-order valence-corrected chi connectivity index (χ4v) is 1.66. The first-order valence-electron chi connectivity index (χ1n) is 5.04. The van der Waals surface area contributed by atoms with Gasteiger partial charge in [-0.15, -0.1) is 0 Å². The van der Waals surface area contributed by atoms with Gasteiger partial charge in [0, 0.05) is 6.04 Å². The topological polar surface area (TPSA) is 102 Å². The molecular formula is C9H19NO5. The second-order valence-electron chi connectivity index (χ2n) is 4.08. The molecule has 5 N–H and O–H groups in total. The Kier molecular flexibility index (Phi) is 4.45. The molecule has 1 heterocycles. The van der Waals surface area contributed by atoms with Crippen molar-refractivity contribution >= 4 is 0 Å². The summed E-state index contributed by atoms with van der Waals surface area (Å²) in [7, 11) is 0. The van der Waals surface area contributed by atoms with Crippen molar-refractivity contribution in [2.24, 2.45) is 0 Å². The SMILES string of the molecule is CC(C)N[C@@H]1C(O)O[C@H](CO)[C@@H](O)[C@@H]1O. The number of ether oxygens (including phenoxy) is 1. The Bertz CT molecular complexity index is 201. The number of hydrogen-bond acceptors (Lipinski definition) is 6. The van der Waals surface area contributed by atoms with Crippen molar-refractivity contribution in [2.45, 2.75) is 50.5 Å². The van der Waals surface area contributed by atoms with Gasteiger partial charge in [-0.1, -0.05) is 13.8 Å². The molecule has 0 radical (unpaired) electrons. The van der Waals surface area contributed by atoms with E-state index in [1.54, 1.807) is 0 Å². The van der Waals surface area contributed by atoms with Crippen LogP contribution in [0.25, 0.3) is 0 Å². The summed E-state index contributed by atoms with van der Waals surface area (Å²) in [6.07, 6.45) is -4.54. The summed E-state index contributed by atoms with van der Waals surface area (Å²) in [6.45, 7) is 3.26. The Morgan fingerprint density at radius 3 is 2.27 bits per heavy atom. The minimum absolute atomic E-state index is 0.0424. The summed E-state index contributed by atoms with van der Waals surface area (Å²) in [5, 5.41) is 40.5. The van der Waals surface area contributed by atoms with Crippen molar-refractivity contribution in [2.75, 3.05) is 6.61 Å². The molecule has 0 aromatic heterocycles. The molecule has 15 heavy (non-hydrogen) atoms. The van der Waals surface area contributed by atoms with Crippen LogP contribution in [0.5, 0.6) is 0 Å². The number of hydrogen-bond donors (Lipinski definition) is 5. The minimum atomic E-state index is -1.23. The van der Waals surface area contributed by atoms with E-state index < -0.39 is 37.3 Å². The second kappa shape index (κ2) is 5.20. The molecule has 0 aliphatic carbocycles. The van der Waals surface area contributed by atoms with Crippen molar-refractivity contribution in [1.29, 1.82) is 0 Å². The minimum Gasteiger partial charge on any atom is -0.394 e. The molecule has 90 valence electrons. The molecule has 5 atom stereocenters. The van der Waals surface area contributed by atoms with Gasteiger partial charge >= 0.3 is 0 Å². The number of aliphatic hydroxyl groups is 4. The Morgan fingerprint density at radius 2 is 1.80 bits per heavy atom. The summed E-state index contributed by atoms with van der Waals surface area (Å²) in [6, 6.07) is -0.705. The van der Waals surface area contributed by atoms with Gasteiger partial charge in [-0.05, 0) is 0 Å². The maximum atomic E-state index is 9.69. The first kappa shape index (κ1) is 12.8. The van der Waals surface area contributed by atoms with Gasteiger partial charge in [-0.2, -0.15) is 0 Å². The second-order valence-corrected chi connectivity index (χ2v) is 4.08. The zero-order valence-corrected chi connectivity index (χ0v) is 8.87. The molecule has 0 spiro atoms. The number of nitrogens with one attached hydrogen (secondary N) is 1. The molecule has 0 saturated carbocycles. The summed E-state index contributed by atoms with van der Waals surface area (Å²) in [5.41, 5.74) is 0. The van der Waals surface area contributed by atoms with Gasteiger partial charge in [0.05, 0.1) is 12.6 Å². The molecule has 1 unspecified atom stereocenters. The van der Waals surface area contributed by atoms with Crippen LogP contribution in [0.4, 0.5) is 0 Å². The fourth-order valence-electron chi connectivity index (χ4n) is 1.66. The predicted octanol–water partition coefficient (Wildman–Crippen LogP) is -2.22. The number of rotatable bonds is 3. The van der Waals surface area contributed by atoms with Crippen LogP contribution in [-0.4, -0.2) is 63.7 Å². The molecule has 0 bridgehead atoms. The van der Waals surface area contributed by atoms with E-state index in [4.69, 9.17) is 9.84 Å². The van der Waals surface area contributed by atoms with Gasteiger partial charge in [-0.25, -0.2) is 0 Å². The van der Waals surface area contributed by atoms with E-state index in [1.165, 1.54) is 0 Å². The summed E-state index contributed by atoms with van der Waals surface area (Å²) in [5.74, 6) is 0. The highest BCUT2D eigenvalue weighted by Crippen LogP contribution is 2.19. The zero-order chi connectivity index (χ0) is 11.6. The van der Waals surface area contributed by atoms with E-state index in [0.29, 0.717) is 0 Å². The summed E-state index contributed by atoms with van der Waals surface area (Å²) < 4.78 is 4.96. The van der Waals surface area contributed by atoms with Crippen molar-refractivity contribution < 1.29 is 25.2 Å². The average Bonchev–Trinajstić information content (AvgIpc) is 2.18. The van der Waals surface area contributed by atoms with Gasteiger partial charge in [0.25, 0.3) is 0 Å². The monoisotopic (exact) mass is 221 g/mol. The van der Waals surface area contributed by atoms with Crippen LogP contribution in [0.1, 0.15) is 13.8 Å². The maximum Gasteiger partial charge on any atom is 0.173 e. The highest BCUT2D eigenvalue weighted by Gasteiger charge is 2.43. The molecule has 1 aliphatic heterocycles. The molecule has 1 saturated heterocycles. The standard InChI is InChI=1S/C9H19NO5/c1-4(2)10-6-8(13)7(12)5(3-11)15-9(6)14/h4-14H,3H2,1-2H3/t5-,6+,7-,8-,9?/m1/s1. The van der Waals surface area contributed by atoms with Crippen molar-refractivity contribution in [1.82, 2.24) is 5.32 Å². The Balaban J connectivity index is 2.66. The van der Waals surface area contributed by atoms with Crippen LogP contribution in [0, 0.1) is 0 Å². The van der Waals surface area contributed by atoms with E-state index >= 15 is 0 Å². The quantitative estimate of drug-likeness (QED) is 0.370. The van der Waals surface area contributed by atoms with E-state index in [1.807, 2.05) is 13.8 Å². The normalized spacial score (nSPS) is 42.2. The molecular weight excluding hydrogens is 202 g/mol. The van der Waals surface area contributed by atoms with Crippen LogP contribution in [0.15, 0.2) is 0 Å². The summed E-state index contributed by atoms with van der Waals surface area (Å²) >= 11 is 0. The van der Waals surface area contributed by atoms with Crippen LogP contribution in [0.3, 0.4) is 0 Å². The van der Waals surface area contributed by atoms with Gasteiger partial charge < -0.3 is 30.5 Å². The third-order valence-corrected chi connectivity index (χ3v) is 2.43. The lowest BCUT2D eigenvalue weighted by Crippen LogP contribution is -2.64. The zero-order valence-electron chi connectivity index (χ0n) is 8.87. The lowest BCUT2D eigenvalue weighted by atomic mass is 9.96. The molecule has 0 aromatic rings. The van der Waals surface area contributed by atoms with Gasteiger partial charge in [-0.3, -0.25) is 0 Å². The third kappa shape index (κ3) is 2.87. The van der Waals surface area contributed by atoms with Crippen LogP contribution < -0.4 is 5.32 Å².